The molecule has 0 aromatic heterocycles. The van der Waals surface area contributed by atoms with Gasteiger partial charge in [0.25, 0.3) is 0 Å². The van der Waals surface area contributed by atoms with Crippen molar-refractivity contribution >= 4 is 6.29 Å². The van der Waals surface area contributed by atoms with Gasteiger partial charge in [0.15, 0.2) is 0 Å². The van der Waals surface area contributed by atoms with Gasteiger partial charge in [0, 0.05) is 11.8 Å². The molecule has 0 unspecified atom stereocenters. The minimum atomic E-state index is 0.175. The van der Waals surface area contributed by atoms with Crippen molar-refractivity contribution in [3.63, 3.8) is 0 Å². The van der Waals surface area contributed by atoms with Crippen molar-refractivity contribution in [2.24, 2.45) is 0 Å². The lowest BCUT2D eigenvalue weighted by Gasteiger charge is -2.42. The molecule has 1 nitrogen and oxygen atoms in total. The quantitative estimate of drug-likeness (QED) is 0.730. The van der Waals surface area contributed by atoms with E-state index >= 15 is 0 Å². The molecule has 20 heavy (non-hydrogen) atoms. The summed E-state index contributed by atoms with van der Waals surface area (Å²) in [6, 6.07) is 7.06. The van der Waals surface area contributed by atoms with E-state index in [9.17, 15) is 4.79 Å². The molecule has 0 N–H and O–H groups in total. The van der Waals surface area contributed by atoms with Gasteiger partial charge in [0.1, 0.15) is 6.29 Å². The summed E-state index contributed by atoms with van der Waals surface area (Å²) >= 11 is 0. The molecule has 1 aromatic carbocycles. The van der Waals surface area contributed by atoms with Crippen LogP contribution in [-0.2, 0) is 21.0 Å². The maximum Gasteiger partial charge on any atom is 0.120 e. The first-order chi connectivity index (χ1) is 9.31. The molecule has 2 aliphatic carbocycles. The molecule has 1 heteroatoms. The highest BCUT2D eigenvalue weighted by molar-refractivity contribution is 5.57. The van der Waals surface area contributed by atoms with E-state index in [-0.39, 0.29) is 16.2 Å². The maximum atomic E-state index is 11.0. The molecule has 0 spiro atoms. The SMILES string of the molecule is CC1(C)CCC(C)(C)c2cc(C3(CC=O)CC3)ccc21. The molecule has 2 aliphatic rings. The number of hydrogen-bond donors (Lipinski definition) is 0. The molecule has 0 atom stereocenters. The van der Waals surface area contributed by atoms with Crippen molar-refractivity contribution in [3.8, 4) is 0 Å². The van der Waals surface area contributed by atoms with Gasteiger partial charge in [0.05, 0.1) is 0 Å². The first-order valence-corrected chi connectivity index (χ1v) is 7.90. The van der Waals surface area contributed by atoms with Crippen molar-refractivity contribution in [3.05, 3.63) is 34.9 Å². The van der Waals surface area contributed by atoms with Gasteiger partial charge in [0.2, 0.25) is 0 Å². The Bertz CT molecular complexity index is 547. The zero-order valence-corrected chi connectivity index (χ0v) is 13.3. The Morgan fingerprint density at radius 1 is 0.950 bits per heavy atom. The number of fused-ring (bicyclic) bond motifs is 1. The van der Waals surface area contributed by atoms with Crippen LogP contribution in [0.4, 0.5) is 0 Å². The van der Waals surface area contributed by atoms with Crippen LogP contribution in [0.1, 0.15) is 76.5 Å². The zero-order valence-electron chi connectivity index (χ0n) is 13.3. The molecule has 1 fully saturated rings. The highest BCUT2D eigenvalue weighted by Crippen LogP contribution is 2.53. The number of benzene rings is 1. The second-order valence-electron chi connectivity index (χ2n) is 8.18. The lowest BCUT2D eigenvalue weighted by Crippen LogP contribution is -2.34. The normalized spacial score (nSPS) is 24.8. The van der Waals surface area contributed by atoms with Crippen LogP contribution in [0.25, 0.3) is 0 Å². The molecule has 108 valence electrons. The lowest BCUT2D eigenvalue weighted by molar-refractivity contribution is -0.108. The Morgan fingerprint density at radius 3 is 2.10 bits per heavy atom. The summed E-state index contributed by atoms with van der Waals surface area (Å²) in [7, 11) is 0. The number of hydrogen-bond acceptors (Lipinski definition) is 1. The van der Waals surface area contributed by atoms with Crippen molar-refractivity contribution in [2.45, 2.75) is 76.0 Å². The summed E-state index contributed by atoms with van der Waals surface area (Å²) in [5.41, 5.74) is 5.15. The summed E-state index contributed by atoms with van der Waals surface area (Å²) in [4.78, 5) is 11.0. The predicted octanol–water partition coefficient (Wildman–Crippen LogP) is 4.66. The Balaban J connectivity index is 2.09. The molecule has 0 bridgehead atoms. The molecule has 0 amide bonds. The Morgan fingerprint density at radius 2 is 1.55 bits per heavy atom. The third-order valence-corrected chi connectivity index (χ3v) is 5.79. The van der Waals surface area contributed by atoms with E-state index in [1.807, 2.05) is 0 Å². The fourth-order valence-corrected chi connectivity index (χ4v) is 3.84. The van der Waals surface area contributed by atoms with Crippen LogP contribution in [0.5, 0.6) is 0 Å². The molecule has 1 saturated carbocycles. The zero-order chi connectivity index (χ0) is 14.6. The second kappa shape index (κ2) is 4.19. The van der Waals surface area contributed by atoms with Crippen LogP contribution in [0.3, 0.4) is 0 Å². The van der Waals surface area contributed by atoms with E-state index in [0.29, 0.717) is 6.42 Å². The van der Waals surface area contributed by atoms with Crippen LogP contribution in [0.2, 0.25) is 0 Å². The highest BCUT2D eigenvalue weighted by atomic mass is 16.1. The van der Waals surface area contributed by atoms with Gasteiger partial charge in [-0.1, -0.05) is 45.9 Å². The van der Waals surface area contributed by atoms with Gasteiger partial charge in [-0.25, -0.2) is 0 Å². The minimum Gasteiger partial charge on any atom is -0.303 e. The average Bonchev–Trinajstić information content (AvgIpc) is 3.16. The van der Waals surface area contributed by atoms with Gasteiger partial charge < -0.3 is 4.79 Å². The van der Waals surface area contributed by atoms with Gasteiger partial charge in [-0.2, -0.15) is 0 Å². The second-order valence-corrected chi connectivity index (χ2v) is 8.18. The highest BCUT2D eigenvalue weighted by Gasteiger charge is 2.45. The van der Waals surface area contributed by atoms with Crippen molar-refractivity contribution in [1.82, 2.24) is 0 Å². The summed E-state index contributed by atoms with van der Waals surface area (Å²) in [5, 5.41) is 0. The topological polar surface area (TPSA) is 17.1 Å². The van der Waals surface area contributed by atoms with Crippen molar-refractivity contribution in [2.75, 3.05) is 0 Å². The van der Waals surface area contributed by atoms with Crippen LogP contribution in [-0.4, -0.2) is 6.29 Å². The van der Waals surface area contributed by atoms with Gasteiger partial charge in [-0.05, 0) is 53.2 Å². The molecular weight excluding hydrogens is 244 g/mol. The van der Waals surface area contributed by atoms with Crippen LogP contribution in [0.15, 0.2) is 18.2 Å². The number of carbonyl (C=O) groups excluding carboxylic acids is 1. The third-order valence-electron chi connectivity index (χ3n) is 5.79. The number of aldehydes is 1. The molecule has 0 saturated heterocycles. The molecule has 3 rings (SSSR count). The number of carbonyl (C=O) groups is 1. The monoisotopic (exact) mass is 270 g/mol. The van der Waals surface area contributed by atoms with E-state index in [0.717, 1.165) is 6.29 Å². The van der Waals surface area contributed by atoms with Crippen LogP contribution in [0, 0.1) is 0 Å². The van der Waals surface area contributed by atoms with Crippen molar-refractivity contribution < 1.29 is 4.79 Å². The van der Waals surface area contributed by atoms with Crippen molar-refractivity contribution in [1.29, 1.82) is 0 Å². The van der Waals surface area contributed by atoms with E-state index in [1.165, 1.54) is 42.4 Å². The average molecular weight is 270 g/mol. The van der Waals surface area contributed by atoms with Gasteiger partial charge in [-0.3, -0.25) is 0 Å². The first-order valence-electron chi connectivity index (χ1n) is 7.90. The fraction of sp³-hybridized carbons (Fsp3) is 0.632. The number of rotatable bonds is 3. The largest absolute Gasteiger partial charge is 0.303 e. The molecule has 0 radical (unpaired) electrons. The molecular formula is C19H26O. The van der Waals surface area contributed by atoms with E-state index in [2.05, 4.69) is 45.9 Å². The van der Waals surface area contributed by atoms with E-state index in [4.69, 9.17) is 0 Å². The standard InChI is InChI=1S/C19H26O/c1-17(2)7-8-18(3,4)16-13-14(5-6-15(16)17)19(9-10-19)11-12-20/h5-6,12-13H,7-11H2,1-4H3. The summed E-state index contributed by atoms with van der Waals surface area (Å²) in [6.07, 6.45) is 6.64. The van der Waals surface area contributed by atoms with Crippen LogP contribution >= 0.6 is 0 Å². The van der Waals surface area contributed by atoms with E-state index < -0.39 is 0 Å². The van der Waals surface area contributed by atoms with Gasteiger partial charge >= 0.3 is 0 Å². The molecule has 0 heterocycles. The predicted molar refractivity (Wildman–Crippen MR) is 83.3 cm³/mol. The lowest BCUT2D eigenvalue weighted by atomic mass is 9.62. The Kier molecular flexibility index (Phi) is 2.90. The molecule has 1 aromatic rings. The summed E-state index contributed by atoms with van der Waals surface area (Å²) < 4.78 is 0. The maximum absolute atomic E-state index is 11.0. The minimum absolute atomic E-state index is 0.175. The Hall–Kier alpha value is -1.11. The van der Waals surface area contributed by atoms with Crippen LogP contribution < -0.4 is 0 Å². The Labute approximate surface area is 122 Å². The van der Waals surface area contributed by atoms with E-state index in [1.54, 1.807) is 0 Å². The summed E-state index contributed by atoms with van der Waals surface area (Å²) in [6.45, 7) is 9.45. The first kappa shape index (κ1) is 13.9. The third kappa shape index (κ3) is 2.03. The van der Waals surface area contributed by atoms with Gasteiger partial charge in [-0.15, -0.1) is 0 Å². The fourth-order valence-electron chi connectivity index (χ4n) is 3.84. The summed E-state index contributed by atoms with van der Waals surface area (Å²) in [5.74, 6) is 0. The smallest absolute Gasteiger partial charge is 0.120 e. The molecule has 0 aliphatic heterocycles.